The fourth-order valence-corrected chi connectivity index (χ4v) is 2.22. The standard InChI is InChI=1S/C16H15F3O4/c1-4-14(2)12(23-14)10-22-13(20)15(21-3,16(17,18)19)11-8-6-5-7-9-11/h1,5-9,12H,10H2,2-3H3. The van der Waals surface area contributed by atoms with Gasteiger partial charge in [-0.25, -0.2) is 4.79 Å². The maximum atomic E-state index is 13.6. The molecule has 0 aromatic heterocycles. The van der Waals surface area contributed by atoms with Crippen molar-refractivity contribution in [1.82, 2.24) is 0 Å². The van der Waals surface area contributed by atoms with Crippen LogP contribution in [0.5, 0.6) is 0 Å². The maximum Gasteiger partial charge on any atom is 0.432 e. The molecule has 3 unspecified atom stereocenters. The highest BCUT2D eigenvalue weighted by Crippen LogP contribution is 2.43. The number of hydrogen-bond acceptors (Lipinski definition) is 4. The molecule has 0 bridgehead atoms. The highest BCUT2D eigenvalue weighted by atomic mass is 19.4. The third kappa shape index (κ3) is 2.92. The van der Waals surface area contributed by atoms with Crippen molar-refractivity contribution >= 4 is 5.97 Å². The molecule has 23 heavy (non-hydrogen) atoms. The van der Waals surface area contributed by atoms with Crippen LogP contribution in [0.4, 0.5) is 13.2 Å². The van der Waals surface area contributed by atoms with Crippen LogP contribution in [0.3, 0.4) is 0 Å². The molecule has 1 aromatic carbocycles. The lowest BCUT2D eigenvalue weighted by molar-refractivity contribution is -0.276. The second-order valence-electron chi connectivity index (χ2n) is 5.21. The van der Waals surface area contributed by atoms with E-state index in [0.29, 0.717) is 0 Å². The van der Waals surface area contributed by atoms with Gasteiger partial charge in [0.1, 0.15) is 12.7 Å². The van der Waals surface area contributed by atoms with Gasteiger partial charge in [-0.15, -0.1) is 6.42 Å². The number of carbonyl (C=O) groups is 1. The molecule has 0 spiro atoms. The molecule has 0 aliphatic carbocycles. The summed E-state index contributed by atoms with van der Waals surface area (Å²) in [7, 11) is 0.806. The van der Waals surface area contributed by atoms with Crippen molar-refractivity contribution in [2.24, 2.45) is 0 Å². The van der Waals surface area contributed by atoms with Crippen molar-refractivity contribution in [3.8, 4) is 12.3 Å². The van der Waals surface area contributed by atoms with Gasteiger partial charge in [-0.05, 0) is 6.92 Å². The Bertz CT molecular complexity index is 622. The van der Waals surface area contributed by atoms with Crippen LogP contribution >= 0.6 is 0 Å². The summed E-state index contributed by atoms with van der Waals surface area (Å²) in [4.78, 5) is 12.2. The zero-order valence-corrected chi connectivity index (χ0v) is 12.5. The number of benzene rings is 1. The topological polar surface area (TPSA) is 48.1 Å². The van der Waals surface area contributed by atoms with E-state index in [9.17, 15) is 18.0 Å². The smallest absolute Gasteiger partial charge is 0.432 e. The fraction of sp³-hybridized carbons (Fsp3) is 0.438. The molecule has 2 rings (SSSR count). The van der Waals surface area contributed by atoms with E-state index in [2.05, 4.69) is 10.7 Å². The van der Waals surface area contributed by atoms with E-state index in [1.807, 2.05) is 0 Å². The van der Waals surface area contributed by atoms with Gasteiger partial charge in [0.05, 0.1) is 0 Å². The first-order valence-electron chi connectivity index (χ1n) is 6.71. The van der Waals surface area contributed by atoms with Crippen molar-refractivity contribution in [1.29, 1.82) is 0 Å². The zero-order chi connectivity index (χ0) is 17.3. The Labute approximate surface area is 131 Å². The largest absolute Gasteiger partial charge is 0.460 e. The molecule has 0 radical (unpaired) electrons. The van der Waals surface area contributed by atoms with Crippen molar-refractivity contribution < 1.29 is 32.2 Å². The van der Waals surface area contributed by atoms with Gasteiger partial charge in [0.15, 0.2) is 5.60 Å². The third-order valence-electron chi connectivity index (χ3n) is 3.77. The van der Waals surface area contributed by atoms with E-state index in [4.69, 9.17) is 15.9 Å². The minimum atomic E-state index is -5.00. The number of terminal acetylenes is 1. The molecule has 1 aromatic rings. The van der Waals surface area contributed by atoms with E-state index < -0.39 is 29.5 Å². The summed E-state index contributed by atoms with van der Waals surface area (Å²) in [5.74, 6) is 0.775. The van der Waals surface area contributed by atoms with Crippen LogP contribution in [0.25, 0.3) is 0 Å². The van der Waals surface area contributed by atoms with Crippen LogP contribution in [-0.4, -0.2) is 37.6 Å². The van der Waals surface area contributed by atoms with Crippen molar-refractivity contribution in [3.05, 3.63) is 35.9 Å². The van der Waals surface area contributed by atoms with E-state index in [-0.39, 0.29) is 12.2 Å². The van der Waals surface area contributed by atoms with Crippen LogP contribution in [0, 0.1) is 12.3 Å². The Morgan fingerprint density at radius 3 is 2.43 bits per heavy atom. The van der Waals surface area contributed by atoms with Crippen LogP contribution in [-0.2, 0) is 24.6 Å². The lowest BCUT2D eigenvalue weighted by Gasteiger charge is -2.32. The number of methoxy groups -OCH3 is 1. The predicted octanol–water partition coefficient (Wildman–Crippen LogP) is 2.42. The number of alkyl halides is 3. The molecular formula is C16H15F3O4. The summed E-state index contributed by atoms with van der Waals surface area (Å²) in [5.41, 5.74) is -4.48. The Kier molecular flexibility index (Phi) is 4.42. The van der Waals surface area contributed by atoms with E-state index in [1.165, 1.54) is 18.2 Å². The number of esters is 1. The first-order chi connectivity index (χ1) is 10.7. The molecule has 3 atom stereocenters. The van der Waals surface area contributed by atoms with E-state index in [1.54, 1.807) is 6.92 Å². The molecule has 1 aliphatic heterocycles. The minimum Gasteiger partial charge on any atom is -0.460 e. The maximum absolute atomic E-state index is 13.6. The van der Waals surface area contributed by atoms with Crippen molar-refractivity contribution in [2.75, 3.05) is 13.7 Å². The Hall–Kier alpha value is -2.04. The molecule has 1 saturated heterocycles. The molecule has 7 heteroatoms. The normalized spacial score (nSPS) is 26.0. The summed E-state index contributed by atoms with van der Waals surface area (Å²) in [5, 5.41) is 0. The SMILES string of the molecule is C#CC1(C)OC1COC(=O)C(OC)(c1ccccc1)C(F)(F)F. The fourth-order valence-electron chi connectivity index (χ4n) is 2.22. The number of halogens is 3. The van der Waals surface area contributed by atoms with Gasteiger partial charge in [0, 0.05) is 12.7 Å². The second-order valence-corrected chi connectivity index (χ2v) is 5.21. The molecule has 124 valence electrons. The van der Waals surface area contributed by atoms with Gasteiger partial charge in [-0.3, -0.25) is 0 Å². The number of hydrogen-bond donors (Lipinski definition) is 0. The van der Waals surface area contributed by atoms with Crippen molar-refractivity contribution in [3.63, 3.8) is 0 Å². The van der Waals surface area contributed by atoms with E-state index in [0.717, 1.165) is 19.2 Å². The van der Waals surface area contributed by atoms with Crippen molar-refractivity contribution in [2.45, 2.75) is 30.4 Å². The lowest BCUT2D eigenvalue weighted by atomic mass is 9.92. The second kappa shape index (κ2) is 5.87. The van der Waals surface area contributed by atoms with Crippen LogP contribution < -0.4 is 0 Å². The number of epoxide rings is 1. The molecule has 4 nitrogen and oxygen atoms in total. The lowest BCUT2D eigenvalue weighted by Crippen LogP contribution is -2.52. The third-order valence-corrected chi connectivity index (χ3v) is 3.77. The predicted molar refractivity (Wildman–Crippen MR) is 74.3 cm³/mol. The molecule has 1 heterocycles. The van der Waals surface area contributed by atoms with Gasteiger partial charge in [0.2, 0.25) is 0 Å². The van der Waals surface area contributed by atoms with Crippen LogP contribution in [0.2, 0.25) is 0 Å². The van der Waals surface area contributed by atoms with Crippen LogP contribution in [0.15, 0.2) is 30.3 Å². The molecule has 1 fully saturated rings. The molecular weight excluding hydrogens is 313 g/mol. The molecule has 0 saturated carbocycles. The summed E-state index contributed by atoms with van der Waals surface area (Å²) in [6.07, 6.45) is -0.413. The first-order valence-corrected chi connectivity index (χ1v) is 6.71. The summed E-state index contributed by atoms with van der Waals surface area (Å²) >= 11 is 0. The number of carbonyl (C=O) groups excluding carboxylic acids is 1. The van der Waals surface area contributed by atoms with E-state index >= 15 is 0 Å². The average molecular weight is 328 g/mol. The summed E-state index contributed by atoms with van der Waals surface area (Å²) in [6, 6.07) is 6.58. The molecule has 0 N–H and O–H groups in total. The Balaban J connectivity index is 2.25. The van der Waals surface area contributed by atoms with Gasteiger partial charge >= 0.3 is 12.1 Å². The zero-order valence-electron chi connectivity index (χ0n) is 12.5. The van der Waals surface area contributed by atoms with Gasteiger partial charge < -0.3 is 14.2 Å². The number of rotatable bonds is 5. The van der Waals surface area contributed by atoms with Gasteiger partial charge in [-0.2, -0.15) is 13.2 Å². The minimum absolute atomic E-state index is 0.364. The molecule has 1 aliphatic rings. The van der Waals surface area contributed by atoms with Gasteiger partial charge in [-0.1, -0.05) is 36.3 Å². The number of ether oxygens (including phenoxy) is 3. The molecule has 0 amide bonds. The Morgan fingerprint density at radius 1 is 1.39 bits per heavy atom. The highest BCUT2D eigenvalue weighted by Gasteiger charge is 2.64. The Morgan fingerprint density at radius 2 is 2.00 bits per heavy atom. The first kappa shape index (κ1) is 17.3. The highest BCUT2D eigenvalue weighted by molar-refractivity contribution is 5.82. The quantitative estimate of drug-likeness (QED) is 0.473. The van der Waals surface area contributed by atoms with Crippen LogP contribution in [0.1, 0.15) is 12.5 Å². The summed E-state index contributed by atoms with van der Waals surface area (Å²) in [6.45, 7) is 1.20. The van der Waals surface area contributed by atoms with Gasteiger partial charge in [0.25, 0.3) is 5.60 Å². The average Bonchev–Trinajstić information content (AvgIpc) is 3.17. The monoisotopic (exact) mass is 328 g/mol. The summed E-state index contributed by atoms with van der Waals surface area (Å²) < 4.78 is 55.2.